The Labute approximate surface area is 78.9 Å². The van der Waals surface area contributed by atoms with E-state index in [2.05, 4.69) is 9.72 Å². The van der Waals surface area contributed by atoms with Gasteiger partial charge in [0, 0.05) is 6.07 Å². The van der Waals surface area contributed by atoms with Crippen LogP contribution in [0, 0.1) is 18.3 Å². The summed E-state index contributed by atoms with van der Waals surface area (Å²) in [6.07, 6.45) is 0. The van der Waals surface area contributed by atoms with E-state index in [0.717, 1.165) is 6.07 Å². The molecule has 0 atom stereocenters. The number of aryl methyl sites for hydroxylation is 1. The summed E-state index contributed by atoms with van der Waals surface area (Å²) in [5.41, 5.74) is 5.55. The molecule has 0 bridgehead atoms. The molecule has 0 aromatic carbocycles. The van der Waals surface area contributed by atoms with Gasteiger partial charge in [-0.3, -0.25) is 0 Å². The number of ether oxygens (including phenoxy) is 1. The first-order valence-corrected chi connectivity index (χ1v) is 3.66. The smallest absolute Gasteiger partial charge is 0.387 e. The molecule has 0 saturated heterocycles. The minimum atomic E-state index is -2.98. The topological polar surface area (TPSA) is 71.9 Å². The van der Waals surface area contributed by atoms with E-state index in [-0.39, 0.29) is 22.8 Å². The van der Waals surface area contributed by atoms with Crippen molar-refractivity contribution in [3.05, 3.63) is 17.3 Å². The lowest BCUT2D eigenvalue weighted by Gasteiger charge is -2.08. The zero-order valence-electron chi connectivity index (χ0n) is 7.29. The lowest BCUT2D eigenvalue weighted by atomic mass is 10.2. The molecule has 0 aliphatic rings. The van der Waals surface area contributed by atoms with Gasteiger partial charge in [-0.05, 0) is 6.92 Å². The van der Waals surface area contributed by atoms with Crippen molar-refractivity contribution in [3.8, 4) is 11.8 Å². The van der Waals surface area contributed by atoms with Gasteiger partial charge in [0.15, 0.2) is 0 Å². The first kappa shape index (κ1) is 10.2. The molecule has 14 heavy (non-hydrogen) atoms. The normalized spacial score (nSPS) is 9.93. The van der Waals surface area contributed by atoms with E-state index in [9.17, 15) is 8.78 Å². The minimum absolute atomic E-state index is 0.0282. The number of hydrogen-bond donors (Lipinski definition) is 1. The van der Waals surface area contributed by atoms with Gasteiger partial charge in [-0.1, -0.05) is 0 Å². The molecule has 0 aliphatic carbocycles. The first-order valence-electron chi connectivity index (χ1n) is 3.66. The summed E-state index contributed by atoms with van der Waals surface area (Å²) >= 11 is 0. The quantitative estimate of drug-likeness (QED) is 0.782. The Morgan fingerprint density at radius 1 is 1.64 bits per heavy atom. The fourth-order valence-electron chi connectivity index (χ4n) is 0.992. The second kappa shape index (κ2) is 3.87. The van der Waals surface area contributed by atoms with Crippen LogP contribution in [0.15, 0.2) is 6.07 Å². The number of nitrogen functional groups attached to an aromatic ring is 1. The Bertz CT molecular complexity index is 387. The Hall–Kier alpha value is -1.90. The standard InChI is InChI=1S/C8H7F2N3O/c1-4-5(3-11)6(14-8(9)10)2-7(12)13-4/h2,8H,1H3,(H2,12,13). The SMILES string of the molecule is Cc1nc(N)cc(OC(F)F)c1C#N. The molecular formula is C8H7F2N3O. The van der Waals surface area contributed by atoms with Crippen LogP contribution < -0.4 is 10.5 Å². The molecule has 1 aromatic rings. The highest BCUT2D eigenvalue weighted by molar-refractivity contribution is 5.51. The molecule has 1 rings (SSSR count). The number of halogens is 2. The number of nitrogens with zero attached hydrogens (tertiary/aromatic N) is 2. The highest BCUT2D eigenvalue weighted by Crippen LogP contribution is 2.23. The van der Waals surface area contributed by atoms with Crippen LogP contribution in [0.4, 0.5) is 14.6 Å². The van der Waals surface area contributed by atoms with Crippen LogP contribution in [0.3, 0.4) is 0 Å². The molecule has 1 heterocycles. The van der Waals surface area contributed by atoms with Crippen molar-refractivity contribution in [2.75, 3.05) is 5.73 Å². The van der Waals surface area contributed by atoms with Crippen molar-refractivity contribution in [2.45, 2.75) is 13.5 Å². The van der Waals surface area contributed by atoms with E-state index >= 15 is 0 Å². The molecule has 74 valence electrons. The zero-order chi connectivity index (χ0) is 10.7. The van der Waals surface area contributed by atoms with Crippen LogP contribution >= 0.6 is 0 Å². The van der Waals surface area contributed by atoms with Gasteiger partial charge in [0.05, 0.1) is 5.69 Å². The van der Waals surface area contributed by atoms with Crippen LogP contribution in [-0.4, -0.2) is 11.6 Å². The van der Waals surface area contributed by atoms with Gasteiger partial charge < -0.3 is 10.5 Å². The molecule has 0 spiro atoms. The molecule has 0 amide bonds. The predicted octanol–water partition coefficient (Wildman–Crippen LogP) is 1.45. The number of rotatable bonds is 2. The van der Waals surface area contributed by atoms with E-state index in [4.69, 9.17) is 11.0 Å². The Balaban J connectivity index is 3.20. The summed E-state index contributed by atoms with van der Waals surface area (Å²) in [6.45, 7) is -1.49. The summed E-state index contributed by atoms with van der Waals surface area (Å²) in [5, 5.41) is 8.65. The summed E-state index contributed by atoms with van der Waals surface area (Å²) in [4.78, 5) is 3.74. The largest absolute Gasteiger partial charge is 0.433 e. The molecule has 0 saturated carbocycles. The lowest BCUT2D eigenvalue weighted by Crippen LogP contribution is -2.06. The Morgan fingerprint density at radius 3 is 2.79 bits per heavy atom. The van der Waals surface area contributed by atoms with Crippen molar-refractivity contribution in [1.29, 1.82) is 5.26 Å². The number of pyridine rings is 1. The van der Waals surface area contributed by atoms with Crippen LogP contribution in [0.2, 0.25) is 0 Å². The first-order chi connectivity index (χ1) is 6.54. The van der Waals surface area contributed by atoms with Gasteiger partial charge in [-0.15, -0.1) is 0 Å². The van der Waals surface area contributed by atoms with Crippen LogP contribution in [-0.2, 0) is 0 Å². The van der Waals surface area contributed by atoms with Crippen LogP contribution in [0.25, 0.3) is 0 Å². The number of nitriles is 1. The number of anilines is 1. The number of hydrogen-bond acceptors (Lipinski definition) is 4. The van der Waals surface area contributed by atoms with E-state index in [1.807, 2.05) is 0 Å². The van der Waals surface area contributed by atoms with Crippen molar-refractivity contribution in [3.63, 3.8) is 0 Å². The van der Waals surface area contributed by atoms with Gasteiger partial charge in [0.2, 0.25) is 0 Å². The molecule has 0 fully saturated rings. The van der Waals surface area contributed by atoms with E-state index in [1.165, 1.54) is 6.92 Å². The third kappa shape index (κ3) is 2.07. The summed E-state index contributed by atoms with van der Waals surface area (Å²) in [6, 6.07) is 2.82. The summed E-state index contributed by atoms with van der Waals surface area (Å²) in [7, 11) is 0. The number of nitrogens with two attached hydrogens (primary N) is 1. The zero-order valence-corrected chi connectivity index (χ0v) is 7.29. The lowest BCUT2D eigenvalue weighted by molar-refractivity contribution is -0.0500. The van der Waals surface area contributed by atoms with Crippen molar-refractivity contribution >= 4 is 5.82 Å². The summed E-state index contributed by atoms with van der Waals surface area (Å²) < 4.78 is 27.9. The average Bonchev–Trinajstić information content (AvgIpc) is 2.01. The number of aromatic nitrogens is 1. The monoisotopic (exact) mass is 199 g/mol. The number of alkyl halides is 2. The van der Waals surface area contributed by atoms with Crippen LogP contribution in [0.1, 0.15) is 11.3 Å². The molecule has 0 radical (unpaired) electrons. The third-order valence-electron chi connectivity index (χ3n) is 1.51. The van der Waals surface area contributed by atoms with Gasteiger partial charge in [0.1, 0.15) is 23.2 Å². The van der Waals surface area contributed by atoms with Crippen molar-refractivity contribution in [1.82, 2.24) is 4.98 Å². The second-order valence-corrected chi connectivity index (χ2v) is 2.50. The van der Waals surface area contributed by atoms with Crippen molar-refractivity contribution < 1.29 is 13.5 Å². The molecule has 4 nitrogen and oxygen atoms in total. The highest BCUT2D eigenvalue weighted by atomic mass is 19.3. The fraction of sp³-hybridized carbons (Fsp3) is 0.250. The maximum absolute atomic E-state index is 11.9. The maximum Gasteiger partial charge on any atom is 0.387 e. The van der Waals surface area contributed by atoms with Gasteiger partial charge >= 0.3 is 6.61 Å². The molecule has 1 aromatic heterocycles. The van der Waals surface area contributed by atoms with Crippen molar-refractivity contribution in [2.24, 2.45) is 0 Å². The van der Waals surface area contributed by atoms with Gasteiger partial charge in [-0.2, -0.15) is 14.0 Å². The Morgan fingerprint density at radius 2 is 2.29 bits per heavy atom. The van der Waals surface area contributed by atoms with Gasteiger partial charge in [0.25, 0.3) is 0 Å². The highest BCUT2D eigenvalue weighted by Gasteiger charge is 2.13. The average molecular weight is 199 g/mol. The predicted molar refractivity (Wildman–Crippen MR) is 44.7 cm³/mol. The minimum Gasteiger partial charge on any atom is -0.433 e. The molecular weight excluding hydrogens is 192 g/mol. The Kier molecular flexibility index (Phi) is 2.82. The molecule has 6 heteroatoms. The molecule has 0 unspecified atom stereocenters. The third-order valence-corrected chi connectivity index (χ3v) is 1.51. The van der Waals surface area contributed by atoms with Crippen LogP contribution in [0.5, 0.6) is 5.75 Å². The molecule has 0 aliphatic heterocycles. The second-order valence-electron chi connectivity index (χ2n) is 2.50. The van der Waals surface area contributed by atoms with Gasteiger partial charge in [-0.25, -0.2) is 4.98 Å². The van der Waals surface area contributed by atoms with E-state index in [1.54, 1.807) is 6.07 Å². The summed E-state index contributed by atoms with van der Waals surface area (Å²) in [5.74, 6) is -0.204. The molecule has 2 N–H and O–H groups in total. The maximum atomic E-state index is 11.9. The fourth-order valence-corrected chi connectivity index (χ4v) is 0.992. The van der Waals surface area contributed by atoms with E-state index < -0.39 is 6.61 Å². The van der Waals surface area contributed by atoms with E-state index in [0.29, 0.717) is 0 Å².